The average molecular weight is 417 g/mol. The van der Waals surface area contributed by atoms with E-state index in [0.717, 1.165) is 72.5 Å². The molecular weight excluding hydrogens is 386 g/mol. The zero-order valence-corrected chi connectivity index (χ0v) is 18.5. The van der Waals surface area contributed by atoms with Gasteiger partial charge in [-0.25, -0.2) is 14.8 Å². The Hall–Kier alpha value is -2.99. The van der Waals surface area contributed by atoms with Gasteiger partial charge in [-0.15, -0.1) is 0 Å². The van der Waals surface area contributed by atoms with E-state index in [1.54, 1.807) is 0 Å². The van der Waals surface area contributed by atoms with Crippen molar-refractivity contribution in [2.45, 2.75) is 45.4 Å². The van der Waals surface area contributed by atoms with E-state index in [0.29, 0.717) is 10.4 Å². The molecule has 4 aromatic rings. The van der Waals surface area contributed by atoms with Gasteiger partial charge in [-0.3, -0.25) is 8.88 Å². The van der Waals surface area contributed by atoms with Gasteiger partial charge in [-0.05, 0) is 37.3 Å². The van der Waals surface area contributed by atoms with Crippen LogP contribution < -0.4 is 0 Å². The highest BCUT2D eigenvalue weighted by Crippen LogP contribution is 2.37. The van der Waals surface area contributed by atoms with E-state index in [4.69, 9.17) is 4.98 Å². The number of hydrogen-bond donors (Lipinski definition) is 1. The van der Waals surface area contributed by atoms with Gasteiger partial charge in [-0.2, -0.15) is 0 Å². The predicted molar refractivity (Wildman–Crippen MR) is 123 cm³/mol. The van der Waals surface area contributed by atoms with Crippen LogP contribution in [0.25, 0.3) is 27.9 Å². The number of carbonyl (C=O) groups is 1. The fourth-order valence-corrected chi connectivity index (χ4v) is 5.06. The van der Waals surface area contributed by atoms with Crippen molar-refractivity contribution < 1.29 is 9.28 Å². The van der Waals surface area contributed by atoms with Crippen molar-refractivity contribution in [3.63, 3.8) is 0 Å². The molecule has 0 saturated carbocycles. The first-order valence-electron chi connectivity index (χ1n) is 11.3. The van der Waals surface area contributed by atoms with Gasteiger partial charge in [0.05, 0.1) is 36.8 Å². The van der Waals surface area contributed by atoms with Crippen molar-refractivity contribution in [2.75, 3.05) is 19.6 Å². The summed E-state index contributed by atoms with van der Waals surface area (Å²) in [5, 5.41) is 1.08. The molecule has 0 spiro atoms. The van der Waals surface area contributed by atoms with Gasteiger partial charge < -0.3 is 4.98 Å². The second-order valence-electron chi connectivity index (χ2n) is 9.19. The van der Waals surface area contributed by atoms with Crippen molar-refractivity contribution in [3.05, 3.63) is 54.1 Å². The molecular formula is C25H30N5O+. The van der Waals surface area contributed by atoms with Crippen molar-refractivity contribution in [1.29, 1.82) is 0 Å². The fourth-order valence-electron chi connectivity index (χ4n) is 5.06. The number of nitrogens with zero attached hydrogens (tertiary/aromatic N) is 4. The van der Waals surface area contributed by atoms with Crippen LogP contribution in [0.15, 0.2) is 42.9 Å². The Morgan fingerprint density at radius 2 is 2.06 bits per heavy atom. The monoisotopic (exact) mass is 416 g/mol. The lowest BCUT2D eigenvalue weighted by molar-refractivity contribution is -0.850. The van der Waals surface area contributed by atoms with E-state index in [9.17, 15) is 4.79 Å². The van der Waals surface area contributed by atoms with Crippen LogP contribution in [0.5, 0.6) is 0 Å². The second-order valence-corrected chi connectivity index (χ2v) is 9.19. The highest BCUT2D eigenvalue weighted by atomic mass is 16.1. The van der Waals surface area contributed by atoms with Gasteiger partial charge in [0.25, 0.3) is 0 Å². The number of hydrogen-bond acceptors (Lipinski definition) is 3. The SMILES string of the molecule is CC[N+]1(C=O)CCCC(c2nc(-c3ccc(C(C)C)cc3)n3cnc4[nH]ccc4c23)C1. The number of benzene rings is 1. The number of rotatable bonds is 5. The molecule has 0 radical (unpaired) electrons. The first kappa shape index (κ1) is 19.9. The predicted octanol–water partition coefficient (Wildman–Crippen LogP) is 4.87. The second kappa shape index (κ2) is 7.61. The summed E-state index contributed by atoms with van der Waals surface area (Å²) < 4.78 is 2.65. The Bertz CT molecular complexity index is 1240. The van der Waals surface area contributed by atoms with Crippen LogP contribution in [0.3, 0.4) is 0 Å². The van der Waals surface area contributed by atoms with E-state index in [2.05, 4.69) is 65.5 Å². The molecule has 1 aromatic carbocycles. The van der Waals surface area contributed by atoms with E-state index in [-0.39, 0.29) is 5.92 Å². The van der Waals surface area contributed by atoms with E-state index >= 15 is 0 Å². The van der Waals surface area contributed by atoms with Crippen molar-refractivity contribution in [2.24, 2.45) is 0 Å². The molecule has 1 aliphatic heterocycles. The molecule has 0 aliphatic carbocycles. The number of imidazole rings is 1. The molecule has 31 heavy (non-hydrogen) atoms. The van der Waals surface area contributed by atoms with Crippen LogP contribution in [-0.4, -0.2) is 49.9 Å². The number of fused-ring (bicyclic) bond motifs is 3. The Morgan fingerprint density at radius 1 is 1.26 bits per heavy atom. The molecule has 2 unspecified atom stereocenters. The summed E-state index contributed by atoms with van der Waals surface area (Å²) in [6, 6.07) is 10.8. The zero-order chi connectivity index (χ0) is 21.6. The van der Waals surface area contributed by atoms with Crippen molar-refractivity contribution >= 4 is 23.0 Å². The van der Waals surface area contributed by atoms with Gasteiger partial charge in [0.15, 0.2) is 0 Å². The van der Waals surface area contributed by atoms with Gasteiger partial charge in [0.2, 0.25) is 0 Å². The molecule has 6 heteroatoms. The van der Waals surface area contributed by atoms with Crippen molar-refractivity contribution in [1.82, 2.24) is 19.4 Å². The number of carbonyl (C=O) groups excluding carboxylic acids is 1. The summed E-state index contributed by atoms with van der Waals surface area (Å²) in [6.07, 6.45) is 7.05. The highest BCUT2D eigenvalue weighted by molar-refractivity contribution is 5.94. The summed E-state index contributed by atoms with van der Waals surface area (Å²) in [5.74, 6) is 1.66. The number of likely N-dealkylation sites (tertiary alicyclic amines) is 1. The van der Waals surface area contributed by atoms with Crippen LogP contribution in [0, 0.1) is 0 Å². The summed E-state index contributed by atoms with van der Waals surface area (Å²) in [4.78, 5) is 25.0. The minimum absolute atomic E-state index is 0.248. The lowest BCUT2D eigenvalue weighted by atomic mass is 9.92. The molecule has 4 heterocycles. The Kier molecular flexibility index (Phi) is 4.89. The molecule has 5 rings (SSSR count). The molecule has 160 valence electrons. The molecule has 0 bridgehead atoms. The van der Waals surface area contributed by atoms with E-state index in [1.807, 2.05) is 12.5 Å². The number of likely N-dealkylation sites (N-methyl/N-ethyl adjacent to an activating group) is 1. The summed E-state index contributed by atoms with van der Waals surface area (Å²) in [7, 11) is 0. The molecule has 1 N–H and O–H groups in total. The molecule has 1 saturated heterocycles. The largest absolute Gasteiger partial charge is 0.346 e. The Morgan fingerprint density at radius 3 is 2.77 bits per heavy atom. The van der Waals surface area contributed by atoms with Gasteiger partial charge in [0.1, 0.15) is 17.8 Å². The third kappa shape index (κ3) is 3.26. The Balaban J connectivity index is 1.69. The molecule has 3 aromatic heterocycles. The molecule has 1 aliphatic rings. The number of piperidine rings is 1. The Labute approximate surface area is 182 Å². The average Bonchev–Trinajstić information content (AvgIpc) is 3.43. The van der Waals surface area contributed by atoms with Crippen LogP contribution in [0.1, 0.15) is 56.7 Å². The first-order valence-corrected chi connectivity index (χ1v) is 11.3. The van der Waals surface area contributed by atoms with Crippen molar-refractivity contribution in [3.8, 4) is 11.4 Å². The number of H-pyrrole nitrogens is 1. The number of amides is 1. The maximum Gasteiger partial charge on any atom is 0.301 e. The third-order valence-electron chi connectivity index (χ3n) is 7.04. The number of nitrogens with one attached hydrogen (secondary N) is 1. The maximum atomic E-state index is 12.0. The summed E-state index contributed by atoms with van der Waals surface area (Å²) in [6.45, 7) is 9.09. The van der Waals surface area contributed by atoms with Crippen LogP contribution in [0.4, 0.5) is 0 Å². The highest BCUT2D eigenvalue weighted by Gasteiger charge is 2.37. The number of aromatic nitrogens is 4. The fraction of sp³-hybridized carbons (Fsp3) is 0.400. The van der Waals surface area contributed by atoms with Gasteiger partial charge in [-0.1, -0.05) is 38.1 Å². The lowest BCUT2D eigenvalue weighted by Gasteiger charge is -2.38. The minimum atomic E-state index is 0.248. The zero-order valence-electron chi connectivity index (χ0n) is 18.5. The third-order valence-corrected chi connectivity index (χ3v) is 7.04. The van der Waals surface area contributed by atoms with Crippen LogP contribution >= 0.6 is 0 Å². The molecule has 6 nitrogen and oxygen atoms in total. The van der Waals surface area contributed by atoms with Gasteiger partial charge >= 0.3 is 6.41 Å². The minimum Gasteiger partial charge on any atom is -0.346 e. The molecule has 1 amide bonds. The number of quaternary nitrogens is 1. The molecule has 2 atom stereocenters. The van der Waals surface area contributed by atoms with Gasteiger partial charge in [0, 0.05) is 17.1 Å². The summed E-state index contributed by atoms with van der Waals surface area (Å²) >= 11 is 0. The van der Waals surface area contributed by atoms with E-state index < -0.39 is 0 Å². The number of aromatic amines is 1. The normalized spacial score (nSPS) is 21.9. The standard InChI is InChI=1S/C25H30N5O/c1-4-30(16-31)13-5-6-20(14-30)22-23-21-11-12-26-24(21)27-15-29(23)25(28-22)19-9-7-18(8-10-19)17(2)3/h7-12,15-17,20,26H,4-6,13-14H2,1-3H3/q+1. The summed E-state index contributed by atoms with van der Waals surface area (Å²) in [5.41, 5.74) is 5.48. The maximum absolute atomic E-state index is 12.0. The topological polar surface area (TPSA) is 63.1 Å². The first-order chi connectivity index (χ1) is 15.0. The van der Waals surface area contributed by atoms with Crippen LogP contribution in [0.2, 0.25) is 0 Å². The molecule has 1 fully saturated rings. The quantitative estimate of drug-likeness (QED) is 0.373. The van der Waals surface area contributed by atoms with E-state index in [1.165, 1.54) is 5.56 Å². The van der Waals surface area contributed by atoms with Crippen LogP contribution in [-0.2, 0) is 4.79 Å². The lowest BCUT2D eigenvalue weighted by Crippen LogP contribution is -2.52. The smallest absolute Gasteiger partial charge is 0.301 e.